The van der Waals surface area contributed by atoms with Crippen LogP contribution in [0.1, 0.15) is 25.0 Å². The molecule has 2 aromatic carbocycles. The Morgan fingerprint density at radius 3 is 2.75 bits per heavy atom. The highest BCUT2D eigenvalue weighted by molar-refractivity contribution is 6.30. The predicted octanol–water partition coefficient (Wildman–Crippen LogP) is 4.46. The average molecular weight is 341 g/mol. The lowest BCUT2D eigenvalue weighted by molar-refractivity contribution is -0.125. The molecule has 1 aromatic heterocycles. The van der Waals surface area contributed by atoms with Crippen molar-refractivity contribution >= 4 is 28.4 Å². The molecule has 124 valence electrons. The van der Waals surface area contributed by atoms with E-state index in [2.05, 4.69) is 22.4 Å². The van der Waals surface area contributed by atoms with E-state index in [9.17, 15) is 4.79 Å². The molecule has 3 aromatic rings. The lowest BCUT2D eigenvalue weighted by atomic mass is 9.83. The summed E-state index contributed by atoms with van der Waals surface area (Å²) < 4.78 is 0. The summed E-state index contributed by atoms with van der Waals surface area (Å²) in [5, 5.41) is 4.90. The van der Waals surface area contributed by atoms with Gasteiger partial charge in [-0.3, -0.25) is 4.79 Å². The molecule has 0 aliphatic heterocycles. The zero-order valence-electron chi connectivity index (χ0n) is 13.9. The van der Waals surface area contributed by atoms with Gasteiger partial charge in [0.05, 0.1) is 5.41 Å². The number of hydrogen-bond acceptors (Lipinski definition) is 1. The van der Waals surface area contributed by atoms with Crippen molar-refractivity contribution in [3.8, 4) is 0 Å². The maximum Gasteiger partial charge on any atom is 0.230 e. The Morgan fingerprint density at radius 2 is 1.96 bits per heavy atom. The van der Waals surface area contributed by atoms with Crippen LogP contribution in [0.25, 0.3) is 10.9 Å². The van der Waals surface area contributed by atoms with Crippen LogP contribution < -0.4 is 5.32 Å². The van der Waals surface area contributed by atoms with Crippen LogP contribution in [0.15, 0.2) is 54.7 Å². The Morgan fingerprint density at radius 1 is 1.17 bits per heavy atom. The number of nitrogens with one attached hydrogen (secondary N) is 2. The van der Waals surface area contributed by atoms with Crippen LogP contribution in [-0.2, 0) is 16.6 Å². The third-order valence-electron chi connectivity index (χ3n) is 4.47. The number of halogens is 1. The zero-order chi connectivity index (χ0) is 17.2. The average Bonchev–Trinajstić information content (AvgIpc) is 2.98. The van der Waals surface area contributed by atoms with E-state index in [0.29, 0.717) is 11.6 Å². The second-order valence-corrected chi connectivity index (χ2v) is 6.94. The molecule has 1 heterocycles. The molecule has 0 spiro atoms. The topological polar surface area (TPSA) is 44.9 Å². The highest BCUT2D eigenvalue weighted by Gasteiger charge is 2.29. The number of rotatable bonds is 5. The summed E-state index contributed by atoms with van der Waals surface area (Å²) in [4.78, 5) is 15.9. The molecule has 4 heteroatoms. The number of amides is 1. The van der Waals surface area contributed by atoms with Gasteiger partial charge in [-0.25, -0.2) is 0 Å². The molecule has 2 N–H and O–H groups in total. The molecule has 0 atom stereocenters. The second kappa shape index (κ2) is 6.70. The molecular weight excluding hydrogens is 320 g/mol. The van der Waals surface area contributed by atoms with Crippen LogP contribution >= 0.6 is 11.6 Å². The largest absolute Gasteiger partial charge is 0.361 e. The van der Waals surface area contributed by atoms with E-state index in [1.165, 1.54) is 10.9 Å². The van der Waals surface area contributed by atoms with Crippen molar-refractivity contribution in [1.29, 1.82) is 0 Å². The van der Waals surface area contributed by atoms with Crippen LogP contribution in [0.3, 0.4) is 0 Å². The minimum Gasteiger partial charge on any atom is -0.361 e. The molecule has 0 fully saturated rings. The fourth-order valence-electron chi connectivity index (χ4n) is 2.88. The van der Waals surface area contributed by atoms with Crippen LogP contribution in [0, 0.1) is 0 Å². The maximum atomic E-state index is 12.6. The van der Waals surface area contributed by atoms with Crippen LogP contribution in [-0.4, -0.2) is 17.4 Å². The summed E-state index contributed by atoms with van der Waals surface area (Å²) in [7, 11) is 0. The number of hydrogen-bond donors (Lipinski definition) is 2. The van der Waals surface area contributed by atoms with Gasteiger partial charge in [0.15, 0.2) is 0 Å². The molecular formula is C20H21ClN2O. The first-order valence-corrected chi connectivity index (χ1v) is 8.45. The molecule has 0 aliphatic carbocycles. The van der Waals surface area contributed by atoms with E-state index in [4.69, 9.17) is 11.6 Å². The maximum absolute atomic E-state index is 12.6. The van der Waals surface area contributed by atoms with Crippen molar-refractivity contribution in [3.63, 3.8) is 0 Å². The van der Waals surface area contributed by atoms with E-state index < -0.39 is 5.41 Å². The predicted molar refractivity (Wildman–Crippen MR) is 99.5 cm³/mol. The SMILES string of the molecule is CC(C)(C(=O)NCCc1c[nH]c2ccccc12)c1cccc(Cl)c1. The fraction of sp³-hybridized carbons (Fsp3) is 0.250. The molecule has 3 nitrogen and oxygen atoms in total. The van der Waals surface area contributed by atoms with Gasteiger partial charge in [-0.2, -0.15) is 0 Å². The lowest BCUT2D eigenvalue weighted by Gasteiger charge is -2.24. The van der Waals surface area contributed by atoms with Crippen LogP contribution in [0.5, 0.6) is 0 Å². The summed E-state index contributed by atoms with van der Waals surface area (Å²) >= 11 is 6.05. The summed E-state index contributed by atoms with van der Waals surface area (Å²) in [5.74, 6) is 0.00427. The highest BCUT2D eigenvalue weighted by atomic mass is 35.5. The van der Waals surface area contributed by atoms with Gasteiger partial charge in [-0.05, 0) is 49.6 Å². The molecule has 3 rings (SSSR count). The molecule has 0 saturated carbocycles. The van der Waals surface area contributed by atoms with Crippen molar-refractivity contribution < 1.29 is 4.79 Å². The molecule has 0 aliphatic rings. The Balaban J connectivity index is 1.65. The van der Waals surface area contributed by atoms with Gasteiger partial charge in [-0.1, -0.05) is 41.9 Å². The number of H-pyrrole nitrogens is 1. The van der Waals surface area contributed by atoms with Gasteiger partial charge in [0.2, 0.25) is 5.91 Å². The van der Waals surface area contributed by atoms with E-state index in [-0.39, 0.29) is 5.91 Å². The van der Waals surface area contributed by atoms with Gasteiger partial charge in [0, 0.05) is 28.7 Å². The third-order valence-corrected chi connectivity index (χ3v) is 4.70. The molecule has 1 amide bonds. The number of carbonyl (C=O) groups excluding carboxylic acids is 1. The Bertz CT molecular complexity index is 867. The number of fused-ring (bicyclic) bond motifs is 1. The number of aromatic nitrogens is 1. The molecule has 24 heavy (non-hydrogen) atoms. The van der Waals surface area contributed by atoms with E-state index >= 15 is 0 Å². The molecule has 0 unspecified atom stereocenters. The van der Waals surface area contributed by atoms with Gasteiger partial charge in [0.1, 0.15) is 0 Å². The Labute approximate surface area is 147 Å². The summed E-state index contributed by atoms with van der Waals surface area (Å²) in [6, 6.07) is 15.7. The van der Waals surface area contributed by atoms with Crippen molar-refractivity contribution in [2.24, 2.45) is 0 Å². The van der Waals surface area contributed by atoms with Crippen molar-refractivity contribution in [1.82, 2.24) is 10.3 Å². The highest BCUT2D eigenvalue weighted by Crippen LogP contribution is 2.26. The van der Waals surface area contributed by atoms with E-state index in [1.54, 1.807) is 0 Å². The Kier molecular flexibility index (Phi) is 4.63. The number of carbonyl (C=O) groups is 1. The first kappa shape index (κ1) is 16.6. The van der Waals surface area contributed by atoms with E-state index in [0.717, 1.165) is 17.5 Å². The van der Waals surface area contributed by atoms with E-state index in [1.807, 2.05) is 56.4 Å². The summed E-state index contributed by atoms with van der Waals surface area (Å²) in [6.07, 6.45) is 2.81. The molecule has 0 bridgehead atoms. The lowest BCUT2D eigenvalue weighted by Crippen LogP contribution is -2.40. The van der Waals surface area contributed by atoms with Crippen molar-refractivity contribution in [2.45, 2.75) is 25.7 Å². The summed E-state index contributed by atoms with van der Waals surface area (Å²) in [5.41, 5.74) is 2.63. The first-order chi connectivity index (χ1) is 11.5. The van der Waals surface area contributed by atoms with Gasteiger partial charge >= 0.3 is 0 Å². The minimum atomic E-state index is -0.620. The Hall–Kier alpha value is -2.26. The number of aromatic amines is 1. The fourth-order valence-corrected chi connectivity index (χ4v) is 3.07. The monoisotopic (exact) mass is 340 g/mol. The van der Waals surface area contributed by atoms with Crippen LogP contribution in [0.4, 0.5) is 0 Å². The van der Waals surface area contributed by atoms with Gasteiger partial charge in [0.25, 0.3) is 0 Å². The van der Waals surface area contributed by atoms with Gasteiger partial charge < -0.3 is 10.3 Å². The zero-order valence-corrected chi connectivity index (χ0v) is 14.7. The van der Waals surface area contributed by atoms with Crippen molar-refractivity contribution in [3.05, 3.63) is 70.9 Å². The first-order valence-electron chi connectivity index (χ1n) is 8.08. The standard InChI is InChI=1S/C20H21ClN2O/c1-20(2,15-6-5-7-16(21)12-15)19(24)22-11-10-14-13-23-18-9-4-3-8-17(14)18/h3-9,12-13,23H,10-11H2,1-2H3,(H,22,24). The number of para-hydroxylation sites is 1. The molecule has 0 saturated heterocycles. The normalized spacial score (nSPS) is 11.6. The minimum absolute atomic E-state index is 0.00427. The number of benzene rings is 2. The smallest absolute Gasteiger partial charge is 0.230 e. The quantitative estimate of drug-likeness (QED) is 0.707. The molecule has 0 radical (unpaired) electrons. The second-order valence-electron chi connectivity index (χ2n) is 6.50. The third kappa shape index (κ3) is 3.31. The summed E-state index contributed by atoms with van der Waals surface area (Å²) in [6.45, 7) is 4.43. The van der Waals surface area contributed by atoms with Crippen molar-refractivity contribution in [2.75, 3.05) is 6.54 Å². The van der Waals surface area contributed by atoms with Crippen LogP contribution in [0.2, 0.25) is 5.02 Å². The van der Waals surface area contributed by atoms with Gasteiger partial charge in [-0.15, -0.1) is 0 Å².